The van der Waals surface area contributed by atoms with Gasteiger partial charge in [-0.1, -0.05) is 32.0 Å². The molecule has 1 heterocycles. The fraction of sp³-hybridized carbons (Fsp3) is 0.650. The van der Waals surface area contributed by atoms with Crippen LogP contribution in [-0.2, 0) is 11.2 Å². The van der Waals surface area contributed by atoms with Crippen molar-refractivity contribution in [3.8, 4) is 5.75 Å². The summed E-state index contributed by atoms with van der Waals surface area (Å²) in [6.07, 6.45) is 3.17. The summed E-state index contributed by atoms with van der Waals surface area (Å²) in [6, 6.07) is 7.86. The highest BCUT2D eigenvalue weighted by molar-refractivity contribution is 5.82. The fourth-order valence-corrected chi connectivity index (χ4v) is 3.29. The molecule has 1 aromatic carbocycles. The third-order valence-corrected chi connectivity index (χ3v) is 4.93. The first-order valence-corrected chi connectivity index (χ1v) is 9.23. The van der Waals surface area contributed by atoms with Gasteiger partial charge in [0, 0.05) is 25.0 Å². The molecule has 1 aliphatic rings. The lowest BCUT2D eigenvalue weighted by molar-refractivity contribution is -0.129. The second-order valence-electron chi connectivity index (χ2n) is 7.55. The van der Waals surface area contributed by atoms with Gasteiger partial charge in [-0.3, -0.25) is 4.79 Å². The maximum atomic E-state index is 12.6. The number of carbonyl (C=O) groups excluding carboxylic acids is 1. The lowest BCUT2D eigenvalue weighted by Crippen LogP contribution is -2.41. The number of methoxy groups -OCH3 is 1. The van der Waals surface area contributed by atoms with Crippen molar-refractivity contribution in [3.63, 3.8) is 0 Å². The van der Waals surface area contributed by atoms with Gasteiger partial charge in [0.1, 0.15) is 5.75 Å². The zero-order chi connectivity index (χ0) is 18.3. The van der Waals surface area contributed by atoms with Crippen molar-refractivity contribution in [2.75, 3.05) is 33.3 Å². The average Bonchev–Trinajstić information content (AvgIpc) is 2.60. The van der Waals surface area contributed by atoms with Crippen LogP contribution in [0.2, 0.25) is 0 Å². The van der Waals surface area contributed by atoms with Crippen molar-refractivity contribution in [2.45, 2.75) is 45.6 Å². The number of aliphatic hydroxyl groups is 1. The summed E-state index contributed by atoms with van der Waals surface area (Å²) in [5.41, 5.74) is 0.571. The highest BCUT2D eigenvalue weighted by Gasteiger charge is 2.28. The minimum absolute atomic E-state index is 0.0764. The van der Waals surface area contributed by atoms with E-state index in [1.165, 1.54) is 0 Å². The van der Waals surface area contributed by atoms with Crippen molar-refractivity contribution in [1.29, 1.82) is 0 Å². The van der Waals surface area contributed by atoms with Crippen LogP contribution in [-0.4, -0.2) is 55.3 Å². The van der Waals surface area contributed by atoms with Gasteiger partial charge in [-0.15, -0.1) is 0 Å². The molecular weight excluding hydrogens is 316 g/mol. The number of hydrogen-bond acceptors (Lipinski definition) is 4. The predicted octanol–water partition coefficient (Wildman–Crippen LogP) is 2.23. The third kappa shape index (κ3) is 6.01. The molecule has 5 heteroatoms. The van der Waals surface area contributed by atoms with Crippen molar-refractivity contribution >= 4 is 5.91 Å². The number of ether oxygens (including phenoxy) is 1. The molecule has 0 spiro atoms. The molecule has 0 aliphatic carbocycles. The number of benzene rings is 1. The number of rotatable bonds is 8. The Kier molecular flexibility index (Phi) is 7.26. The topological polar surface area (TPSA) is 61.8 Å². The van der Waals surface area contributed by atoms with Gasteiger partial charge >= 0.3 is 0 Å². The smallest absolute Gasteiger partial charge is 0.225 e. The molecule has 25 heavy (non-hydrogen) atoms. The first kappa shape index (κ1) is 19.7. The highest BCUT2D eigenvalue weighted by Crippen LogP contribution is 2.27. The van der Waals surface area contributed by atoms with Crippen LogP contribution in [0.25, 0.3) is 0 Å². The van der Waals surface area contributed by atoms with Crippen molar-refractivity contribution < 1.29 is 14.6 Å². The van der Waals surface area contributed by atoms with Crippen molar-refractivity contribution in [3.05, 3.63) is 29.8 Å². The monoisotopic (exact) mass is 348 g/mol. The number of piperidine rings is 1. The van der Waals surface area contributed by atoms with Gasteiger partial charge in [-0.05, 0) is 43.9 Å². The molecule has 0 unspecified atom stereocenters. The van der Waals surface area contributed by atoms with Gasteiger partial charge in [0.25, 0.3) is 0 Å². The Hall–Kier alpha value is -1.59. The van der Waals surface area contributed by atoms with Crippen LogP contribution >= 0.6 is 0 Å². The molecule has 0 saturated carbocycles. The first-order valence-electron chi connectivity index (χ1n) is 9.23. The van der Waals surface area contributed by atoms with Gasteiger partial charge in [-0.25, -0.2) is 0 Å². The van der Waals surface area contributed by atoms with Crippen LogP contribution in [0.4, 0.5) is 0 Å². The van der Waals surface area contributed by atoms with E-state index in [0.717, 1.165) is 50.2 Å². The molecule has 0 aromatic heterocycles. The van der Waals surface area contributed by atoms with E-state index < -0.39 is 5.41 Å². The molecule has 1 aromatic rings. The summed E-state index contributed by atoms with van der Waals surface area (Å²) in [5.74, 6) is 0.906. The number of nitrogens with one attached hydrogen (secondary N) is 1. The highest BCUT2D eigenvalue weighted by atomic mass is 16.5. The third-order valence-electron chi connectivity index (χ3n) is 4.93. The summed E-state index contributed by atoms with van der Waals surface area (Å²) in [7, 11) is 1.66. The summed E-state index contributed by atoms with van der Waals surface area (Å²) in [5, 5.41) is 12.6. The Morgan fingerprint density at radius 3 is 2.68 bits per heavy atom. The Balaban J connectivity index is 1.75. The molecule has 1 amide bonds. The maximum Gasteiger partial charge on any atom is 0.225 e. The largest absolute Gasteiger partial charge is 0.496 e. The van der Waals surface area contributed by atoms with E-state index in [0.29, 0.717) is 13.0 Å². The quantitative estimate of drug-likeness (QED) is 0.707. The number of nitrogens with zero attached hydrogens (tertiary/aromatic N) is 1. The van der Waals surface area contributed by atoms with Gasteiger partial charge in [-0.2, -0.15) is 0 Å². The molecule has 0 atom stereocenters. The first-order chi connectivity index (χ1) is 11.9. The Morgan fingerprint density at radius 1 is 1.32 bits per heavy atom. The Morgan fingerprint density at radius 2 is 2.00 bits per heavy atom. The summed E-state index contributed by atoms with van der Waals surface area (Å²) < 4.78 is 5.39. The van der Waals surface area contributed by atoms with E-state index in [-0.39, 0.29) is 12.0 Å². The molecule has 1 aliphatic heterocycles. The summed E-state index contributed by atoms with van der Waals surface area (Å²) in [6.45, 7) is 7.51. The van der Waals surface area contributed by atoms with E-state index in [9.17, 15) is 9.90 Å². The zero-order valence-electron chi connectivity index (χ0n) is 15.8. The van der Waals surface area contributed by atoms with Crippen LogP contribution in [0.5, 0.6) is 5.75 Å². The molecule has 1 saturated heterocycles. The number of likely N-dealkylation sites (tertiary alicyclic amines) is 1. The maximum absolute atomic E-state index is 12.6. The van der Waals surface area contributed by atoms with Gasteiger partial charge in [0.2, 0.25) is 5.91 Å². The number of amides is 1. The number of para-hydroxylation sites is 1. The molecule has 1 fully saturated rings. The van der Waals surface area contributed by atoms with E-state index >= 15 is 0 Å². The molecular formula is C20H32N2O3. The zero-order valence-corrected chi connectivity index (χ0v) is 15.8. The summed E-state index contributed by atoms with van der Waals surface area (Å²) >= 11 is 0. The van der Waals surface area contributed by atoms with E-state index in [4.69, 9.17) is 4.74 Å². The Bertz CT molecular complexity index is 552. The second kappa shape index (κ2) is 9.20. The van der Waals surface area contributed by atoms with Crippen LogP contribution in [0.15, 0.2) is 24.3 Å². The Labute approximate surface area is 151 Å². The van der Waals surface area contributed by atoms with Crippen LogP contribution < -0.4 is 10.1 Å². The second-order valence-corrected chi connectivity index (χ2v) is 7.55. The van der Waals surface area contributed by atoms with E-state index in [1.807, 2.05) is 38.1 Å². The van der Waals surface area contributed by atoms with E-state index in [1.54, 1.807) is 7.11 Å². The molecule has 140 valence electrons. The summed E-state index contributed by atoms with van der Waals surface area (Å²) in [4.78, 5) is 14.9. The number of carbonyl (C=O) groups is 1. The molecule has 2 rings (SSSR count). The normalized spacial score (nSPS) is 16.6. The minimum atomic E-state index is -0.482. The number of hydrogen-bond donors (Lipinski definition) is 2. The molecule has 0 bridgehead atoms. The van der Waals surface area contributed by atoms with Gasteiger partial charge in [0.05, 0.1) is 13.2 Å². The van der Waals surface area contributed by atoms with Crippen LogP contribution in [0, 0.1) is 5.41 Å². The molecule has 2 N–H and O–H groups in total. The van der Waals surface area contributed by atoms with Gasteiger partial charge in [0.15, 0.2) is 0 Å². The van der Waals surface area contributed by atoms with Crippen LogP contribution in [0.3, 0.4) is 0 Å². The van der Waals surface area contributed by atoms with Crippen LogP contribution in [0.1, 0.15) is 38.7 Å². The molecule has 0 radical (unpaired) electrons. The van der Waals surface area contributed by atoms with Crippen molar-refractivity contribution in [1.82, 2.24) is 10.2 Å². The fourth-order valence-electron chi connectivity index (χ4n) is 3.29. The predicted molar refractivity (Wildman–Crippen MR) is 99.8 cm³/mol. The lowest BCUT2D eigenvalue weighted by atomic mass is 9.84. The standard InChI is InChI=1S/C20H32N2O3/c1-20(2,15-16-7-4-5-8-18(16)25-3)19(24)21-11-6-12-22-13-9-17(23)10-14-22/h4-5,7-8,17,23H,6,9-15H2,1-3H3,(H,21,24). The van der Waals surface area contributed by atoms with Gasteiger partial charge < -0.3 is 20.1 Å². The minimum Gasteiger partial charge on any atom is -0.496 e. The lowest BCUT2D eigenvalue weighted by Gasteiger charge is -2.29. The van der Waals surface area contributed by atoms with Crippen molar-refractivity contribution in [2.24, 2.45) is 5.41 Å². The van der Waals surface area contributed by atoms with E-state index in [2.05, 4.69) is 10.2 Å². The molecule has 5 nitrogen and oxygen atoms in total. The average molecular weight is 348 g/mol. The number of aliphatic hydroxyl groups excluding tert-OH is 1. The SMILES string of the molecule is COc1ccccc1CC(C)(C)C(=O)NCCCN1CCC(O)CC1.